The van der Waals surface area contributed by atoms with E-state index < -0.39 is 24.4 Å². The van der Waals surface area contributed by atoms with Crippen LogP contribution in [0.5, 0.6) is 0 Å². The molecule has 0 fully saturated rings. The molecule has 6 heteroatoms. The minimum absolute atomic E-state index is 0.0589. The summed E-state index contributed by atoms with van der Waals surface area (Å²) < 4.78 is 12.8. The number of carbonyl (C=O) groups is 2. The lowest BCUT2D eigenvalue weighted by atomic mass is 10.3. The molecule has 1 amide bonds. The molecule has 1 aromatic rings. The van der Waals surface area contributed by atoms with Gasteiger partial charge in [0, 0.05) is 6.54 Å². The van der Waals surface area contributed by atoms with Crippen LogP contribution in [0.3, 0.4) is 0 Å². The molecule has 0 saturated heterocycles. The molecule has 0 aliphatic rings. The summed E-state index contributed by atoms with van der Waals surface area (Å²) in [4.78, 5) is 26.8. The van der Waals surface area contributed by atoms with Gasteiger partial charge in [-0.15, -0.1) is 6.58 Å². The van der Waals surface area contributed by atoms with Gasteiger partial charge in [0.1, 0.15) is 12.2 Å². The van der Waals surface area contributed by atoms with Gasteiger partial charge in [0.15, 0.2) is 0 Å². The number of carboxylic acid groups (broad SMARTS) is 1. The summed E-state index contributed by atoms with van der Waals surface area (Å²) in [6.45, 7) is 3.00. The SMILES string of the molecule is C=CCN(CC(=O)O)C(=O)c1cccc(F)n1. The van der Waals surface area contributed by atoms with E-state index in [0.29, 0.717) is 0 Å². The minimum Gasteiger partial charge on any atom is -0.480 e. The monoisotopic (exact) mass is 238 g/mol. The van der Waals surface area contributed by atoms with Crippen molar-refractivity contribution in [3.8, 4) is 0 Å². The highest BCUT2D eigenvalue weighted by atomic mass is 19.1. The molecule has 1 rings (SSSR count). The van der Waals surface area contributed by atoms with Crippen LogP contribution in [0.15, 0.2) is 30.9 Å². The lowest BCUT2D eigenvalue weighted by molar-refractivity contribution is -0.137. The first-order chi connectivity index (χ1) is 8.04. The van der Waals surface area contributed by atoms with Gasteiger partial charge in [-0.3, -0.25) is 9.59 Å². The summed E-state index contributed by atoms with van der Waals surface area (Å²) in [6, 6.07) is 3.76. The molecule has 1 N–H and O–H groups in total. The van der Waals surface area contributed by atoms with Gasteiger partial charge >= 0.3 is 5.97 Å². The Hall–Kier alpha value is -2.24. The number of hydrogen-bond donors (Lipinski definition) is 1. The zero-order valence-electron chi connectivity index (χ0n) is 8.97. The predicted octanol–water partition coefficient (Wildman–Crippen LogP) is 0.934. The van der Waals surface area contributed by atoms with Crippen molar-refractivity contribution in [3.05, 3.63) is 42.5 Å². The number of pyridine rings is 1. The van der Waals surface area contributed by atoms with Gasteiger partial charge in [-0.25, -0.2) is 4.98 Å². The fourth-order valence-corrected chi connectivity index (χ4v) is 1.23. The Morgan fingerprint density at radius 2 is 2.24 bits per heavy atom. The first-order valence-electron chi connectivity index (χ1n) is 4.79. The van der Waals surface area contributed by atoms with Crippen molar-refractivity contribution < 1.29 is 19.1 Å². The van der Waals surface area contributed by atoms with Crippen LogP contribution in [0.2, 0.25) is 0 Å². The third-order valence-electron chi connectivity index (χ3n) is 1.90. The fraction of sp³-hybridized carbons (Fsp3) is 0.182. The molecule has 5 nitrogen and oxygen atoms in total. The summed E-state index contributed by atoms with van der Waals surface area (Å²) in [5.74, 6) is -2.59. The number of halogens is 1. The largest absolute Gasteiger partial charge is 0.480 e. The van der Waals surface area contributed by atoms with E-state index in [4.69, 9.17) is 5.11 Å². The Morgan fingerprint density at radius 3 is 2.76 bits per heavy atom. The summed E-state index contributed by atoms with van der Waals surface area (Å²) in [6.07, 6.45) is 1.39. The zero-order valence-corrected chi connectivity index (χ0v) is 8.97. The molecule has 0 aliphatic heterocycles. The second kappa shape index (κ2) is 5.74. The Balaban J connectivity index is 2.90. The molecule has 0 radical (unpaired) electrons. The van der Waals surface area contributed by atoms with E-state index >= 15 is 0 Å². The zero-order chi connectivity index (χ0) is 12.8. The van der Waals surface area contributed by atoms with Gasteiger partial charge in [0.25, 0.3) is 5.91 Å². The van der Waals surface area contributed by atoms with Gasteiger partial charge in [-0.1, -0.05) is 12.1 Å². The van der Waals surface area contributed by atoms with Crippen LogP contribution in [0.1, 0.15) is 10.5 Å². The number of nitrogens with zero attached hydrogens (tertiary/aromatic N) is 2. The molecular weight excluding hydrogens is 227 g/mol. The van der Waals surface area contributed by atoms with Crippen LogP contribution >= 0.6 is 0 Å². The van der Waals surface area contributed by atoms with Gasteiger partial charge in [-0.2, -0.15) is 4.39 Å². The standard InChI is InChI=1S/C11H11FN2O3/c1-2-6-14(7-10(15)16)11(17)8-4-3-5-9(12)13-8/h2-5H,1,6-7H2,(H,15,16). The number of hydrogen-bond acceptors (Lipinski definition) is 3. The van der Waals surface area contributed by atoms with Crippen LogP contribution in [-0.2, 0) is 4.79 Å². The second-order valence-corrected chi connectivity index (χ2v) is 3.21. The van der Waals surface area contributed by atoms with Crippen molar-refractivity contribution in [3.63, 3.8) is 0 Å². The van der Waals surface area contributed by atoms with Crippen molar-refractivity contribution >= 4 is 11.9 Å². The first kappa shape index (κ1) is 12.8. The van der Waals surface area contributed by atoms with Crippen molar-refractivity contribution in [2.45, 2.75) is 0 Å². The van der Waals surface area contributed by atoms with Gasteiger partial charge in [0.2, 0.25) is 5.95 Å². The van der Waals surface area contributed by atoms with E-state index in [1.54, 1.807) is 0 Å². The third-order valence-corrected chi connectivity index (χ3v) is 1.90. The van der Waals surface area contributed by atoms with E-state index in [1.165, 1.54) is 18.2 Å². The fourth-order valence-electron chi connectivity index (χ4n) is 1.23. The van der Waals surface area contributed by atoms with Crippen LogP contribution < -0.4 is 0 Å². The molecular formula is C11H11FN2O3. The van der Waals surface area contributed by atoms with Crippen LogP contribution in [-0.4, -0.2) is 40.0 Å². The predicted molar refractivity (Wildman–Crippen MR) is 57.9 cm³/mol. The number of rotatable bonds is 5. The first-order valence-corrected chi connectivity index (χ1v) is 4.79. The van der Waals surface area contributed by atoms with E-state index in [0.717, 1.165) is 11.0 Å². The lowest BCUT2D eigenvalue weighted by Gasteiger charge is -2.18. The topological polar surface area (TPSA) is 70.5 Å². The molecule has 0 atom stereocenters. The maximum Gasteiger partial charge on any atom is 0.323 e. The summed E-state index contributed by atoms with van der Waals surface area (Å²) >= 11 is 0. The molecule has 0 unspecified atom stereocenters. The molecule has 1 heterocycles. The van der Waals surface area contributed by atoms with E-state index in [9.17, 15) is 14.0 Å². The highest BCUT2D eigenvalue weighted by Crippen LogP contribution is 2.03. The average Bonchev–Trinajstić information content (AvgIpc) is 2.27. The van der Waals surface area contributed by atoms with Gasteiger partial charge < -0.3 is 10.0 Å². The quantitative estimate of drug-likeness (QED) is 0.612. The van der Waals surface area contributed by atoms with E-state index in [2.05, 4.69) is 11.6 Å². The minimum atomic E-state index is -1.16. The Bertz CT molecular complexity index is 448. The van der Waals surface area contributed by atoms with Crippen LogP contribution in [0, 0.1) is 5.95 Å². The smallest absolute Gasteiger partial charge is 0.323 e. The van der Waals surface area contributed by atoms with Gasteiger partial charge in [0.05, 0.1) is 0 Å². The summed E-state index contributed by atoms with van der Waals surface area (Å²) in [5, 5.41) is 8.64. The number of carbonyl (C=O) groups excluding carboxylic acids is 1. The molecule has 0 aromatic carbocycles. The van der Waals surface area contributed by atoms with Gasteiger partial charge in [-0.05, 0) is 12.1 Å². The highest BCUT2D eigenvalue weighted by molar-refractivity contribution is 5.94. The number of aromatic nitrogens is 1. The van der Waals surface area contributed by atoms with Crippen molar-refractivity contribution in [1.82, 2.24) is 9.88 Å². The summed E-state index contributed by atoms with van der Waals surface area (Å²) in [7, 11) is 0. The summed E-state index contributed by atoms with van der Waals surface area (Å²) in [5.41, 5.74) is -0.131. The van der Waals surface area contributed by atoms with E-state index in [1.807, 2.05) is 0 Å². The van der Waals surface area contributed by atoms with Crippen LogP contribution in [0.25, 0.3) is 0 Å². The third kappa shape index (κ3) is 3.67. The van der Waals surface area contributed by atoms with E-state index in [-0.39, 0.29) is 12.2 Å². The van der Waals surface area contributed by atoms with Crippen molar-refractivity contribution in [1.29, 1.82) is 0 Å². The maximum atomic E-state index is 12.8. The molecule has 0 spiro atoms. The maximum absolute atomic E-state index is 12.8. The number of aliphatic carboxylic acids is 1. The Kier molecular flexibility index (Phi) is 4.33. The average molecular weight is 238 g/mol. The van der Waals surface area contributed by atoms with Crippen LogP contribution in [0.4, 0.5) is 4.39 Å². The lowest BCUT2D eigenvalue weighted by Crippen LogP contribution is -2.36. The molecule has 90 valence electrons. The molecule has 1 aromatic heterocycles. The van der Waals surface area contributed by atoms with Crippen molar-refractivity contribution in [2.24, 2.45) is 0 Å². The Morgan fingerprint density at radius 1 is 1.53 bits per heavy atom. The second-order valence-electron chi connectivity index (χ2n) is 3.21. The Labute approximate surface area is 97.2 Å². The molecule has 17 heavy (non-hydrogen) atoms. The number of carboxylic acids is 1. The number of amides is 1. The molecule has 0 saturated carbocycles. The molecule has 0 aliphatic carbocycles. The van der Waals surface area contributed by atoms with Crippen molar-refractivity contribution in [2.75, 3.05) is 13.1 Å². The normalized spacial score (nSPS) is 9.71. The highest BCUT2D eigenvalue weighted by Gasteiger charge is 2.18. The molecule has 0 bridgehead atoms.